The highest BCUT2D eigenvalue weighted by molar-refractivity contribution is 9.10. The number of rotatable bonds is 2. The van der Waals surface area contributed by atoms with Gasteiger partial charge in [-0.3, -0.25) is 4.79 Å². The Balaban J connectivity index is 2.09. The number of nitrogens with two attached hydrogens (primary N) is 1. The Morgan fingerprint density at radius 3 is 2.69 bits per heavy atom. The van der Waals surface area contributed by atoms with Gasteiger partial charge in [0.15, 0.2) is 0 Å². The zero-order valence-electron chi connectivity index (χ0n) is 8.59. The van der Waals surface area contributed by atoms with Crippen LogP contribution in [0, 0.1) is 5.82 Å². The maximum atomic E-state index is 13.0. The molecule has 3 N–H and O–H groups in total. The average molecular weight is 287 g/mol. The largest absolute Gasteiger partial charge is 0.324 e. The van der Waals surface area contributed by atoms with Crippen LogP contribution in [0.25, 0.3) is 0 Å². The summed E-state index contributed by atoms with van der Waals surface area (Å²) in [5, 5.41) is 2.69. The van der Waals surface area contributed by atoms with Crippen molar-refractivity contribution in [2.45, 2.75) is 24.8 Å². The lowest BCUT2D eigenvalue weighted by Crippen LogP contribution is -2.56. The molecule has 0 radical (unpaired) electrons. The van der Waals surface area contributed by atoms with E-state index >= 15 is 0 Å². The van der Waals surface area contributed by atoms with E-state index in [-0.39, 0.29) is 11.7 Å². The Morgan fingerprint density at radius 2 is 2.19 bits per heavy atom. The van der Waals surface area contributed by atoms with Gasteiger partial charge in [-0.25, -0.2) is 4.39 Å². The average Bonchev–Trinajstić information content (AvgIpc) is 2.20. The van der Waals surface area contributed by atoms with Crippen molar-refractivity contribution in [1.82, 2.24) is 0 Å². The zero-order valence-corrected chi connectivity index (χ0v) is 10.2. The van der Waals surface area contributed by atoms with Crippen molar-refractivity contribution in [1.29, 1.82) is 0 Å². The van der Waals surface area contributed by atoms with Crippen molar-refractivity contribution >= 4 is 27.5 Å². The first kappa shape index (κ1) is 11.5. The number of nitrogens with one attached hydrogen (secondary N) is 1. The second kappa shape index (κ2) is 4.14. The van der Waals surface area contributed by atoms with Crippen LogP contribution >= 0.6 is 15.9 Å². The lowest BCUT2D eigenvalue weighted by molar-refractivity contribution is -0.123. The van der Waals surface area contributed by atoms with E-state index in [2.05, 4.69) is 21.2 Å². The van der Waals surface area contributed by atoms with E-state index in [0.29, 0.717) is 23.0 Å². The van der Waals surface area contributed by atoms with Gasteiger partial charge in [-0.05, 0) is 53.4 Å². The number of hydrogen-bond donors (Lipinski definition) is 2. The number of hydrogen-bond acceptors (Lipinski definition) is 2. The quantitative estimate of drug-likeness (QED) is 0.877. The number of anilines is 1. The molecule has 0 aliphatic heterocycles. The summed E-state index contributed by atoms with van der Waals surface area (Å²) in [6.07, 6.45) is 2.40. The Hall–Kier alpha value is -0.940. The fourth-order valence-electron chi connectivity index (χ4n) is 1.61. The topological polar surface area (TPSA) is 55.1 Å². The van der Waals surface area contributed by atoms with Crippen molar-refractivity contribution in [2.24, 2.45) is 5.73 Å². The van der Waals surface area contributed by atoms with Crippen LogP contribution in [0.4, 0.5) is 10.1 Å². The lowest BCUT2D eigenvalue weighted by atomic mass is 9.77. The molecule has 3 nitrogen and oxygen atoms in total. The van der Waals surface area contributed by atoms with Gasteiger partial charge < -0.3 is 11.1 Å². The van der Waals surface area contributed by atoms with Crippen LogP contribution in [0.5, 0.6) is 0 Å². The summed E-state index contributed by atoms with van der Waals surface area (Å²) in [7, 11) is 0. The first-order valence-electron chi connectivity index (χ1n) is 5.07. The van der Waals surface area contributed by atoms with E-state index in [1.807, 2.05) is 0 Å². The second-order valence-electron chi connectivity index (χ2n) is 4.09. The van der Waals surface area contributed by atoms with E-state index in [1.165, 1.54) is 18.2 Å². The molecule has 0 heterocycles. The molecule has 2 rings (SSSR count). The maximum absolute atomic E-state index is 13.0. The number of carbonyl (C=O) groups is 1. The van der Waals surface area contributed by atoms with Crippen LogP contribution in [0.3, 0.4) is 0 Å². The van der Waals surface area contributed by atoms with Gasteiger partial charge in [-0.15, -0.1) is 0 Å². The van der Waals surface area contributed by atoms with E-state index in [0.717, 1.165) is 6.42 Å². The summed E-state index contributed by atoms with van der Waals surface area (Å²) < 4.78 is 13.3. The summed E-state index contributed by atoms with van der Waals surface area (Å²) in [5.41, 5.74) is 5.68. The molecule has 1 saturated carbocycles. The minimum absolute atomic E-state index is 0.197. The fraction of sp³-hybridized carbons (Fsp3) is 0.364. The molecular weight excluding hydrogens is 275 g/mol. The van der Waals surface area contributed by atoms with Crippen molar-refractivity contribution in [3.05, 3.63) is 28.5 Å². The summed E-state index contributed by atoms with van der Waals surface area (Å²) in [6.45, 7) is 0. The highest BCUT2D eigenvalue weighted by Gasteiger charge is 2.40. The van der Waals surface area contributed by atoms with Crippen LogP contribution in [0.2, 0.25) is 0 Å². The first-order chi connectivity index (χ1) is 7.51. The smallest absolute Gasteiger partial charge is 0.244 e. The number of benzene rings is 1. The van der Waals surface area contributed by atoms with E-state index in [4.69, 9.17) is 5.73 Å². The number of amides is 1. The van der Waals surface area contributed by atoms with Gasteiger partial charge in [-0.2, -0.15) is 0 Å². The molecule has 1 aromatic rings. The molecule has 1 aromatic carbocycles. The molecule has 0 spiro atoms. The standard InChI is InChI=1S/C11H12BrFN2O/c12-8-6-7(2-3-9(8)13)15-10(16)11(14)4-1-5-11/h2-3,6H,1,4-5,14H2,(H,15,16). The van der Waals surface area contributed by atoms with Crippen molar-refractivity contribution < 1.29 is 9.18 Å². The van der Waals surface area contributed by atoms with Gasteiger partial charge >= 0.3 is 0 Å². The third-order valence-electron chi connectivity index (χ3n) is 2.88. The van der Waals surface area contributed by atoms with E-state index in [1.54, 1.807) is 0 Å². The summed E-state index contributed by atoms with van der Waals surface area (Å²) in [6, 6.07) is 4.33. The highest BCUT2D eigenvalue weighted by atomic mass is 79.9. The molecule has 5 heteroatoms. The monoisotopic (exact) mass is 286 g/mol. The third-order valence-corrected chi connectivity index (χ3v) is 3.48. The van der Waals surface area contributed by atoms with Crippen LogP contribution in [0.1, 0.15) is 19.3 Å². The van der Waals surface area contributed by atoms with Crippen molar-refractivity contribution in [3.63, 3.8) is 0 Å². The summed E-state index contributed by atoms with van der Waals surface area (Å²) in [5.74, 6) is -0.554. The van der Waals surface area contributed by atoms with Crippen molar-refractivity contribution in [3.8, 4) is 0 Å². The third kappa shape index (κ3) is 2.10. The molecule has 1 amide bonds. The van der Waals surface area contributed by atoms with E-state index in [9.17, 15) is 9.18 Å². The molecule has 16 heavy (non-hydrogen) atoms. The SMILES string of the molecule is NC1(C(=O)Nc2ccc(F)c(Br)c2)CCC1. The lowest BCUT2D eigenvalue weighted by Gasteiger charge is -2.36. The number of halogens is 2. The van der Waals surface area contributed by atoms with Gasteiger partial charge in [0.05, 0.1) is 10.0 Å². The predicted octanol–water partition coefficient (Wildman–Crippen LogP) is 2.41. The van der Waals surface area contributed by atoms with Gasteiger partial charge in [0.2, 0.25) is 5.91 Å². The minimum Gasteiger partial charge on any atom is -0.324 e. The predicted molar refractivity (Wildman–Crippen MR) is 63.5 cm³/mol. The molecule has 0 atom stereocenters. The molecule has 0 saturated heterocycles. The van der Waals surface area contributed by atoms with Crippen molar-refractivity contribution in [2.75, 3.05) is 5.32 Å². The highest BCUT2D eigenvalue weighted by Crippen LogP contribution is 2.30. The van der Waals surface area contributed by atoms with Gasteiger partial charge in [0.25, 0.3) is 0 Å². The Bertz CT molecular complexity index is 432. The summed E-state index contributed by atoms with van der Waals surface area (Å²) in [4.78, 5) is 11.8. The van der Waals surface area contributed by atoms with Crippen LogP contribution in [-0.2, 0) is 4.79 Å². The molecule has 1 fully saturated rings. The molecule has 1 aliphatic rings. The molecule has 0 unspecified atom stereocenters. The van der Waals surface area contributed by atoms with Gasteiger partial charge in [0, 0.05) is 5.69 Å². The van der Waals surface area contributed by atoms with Gasteiger partial charge in [-0.1, -0.05) is 0 Å². The Labute approximate surface area is 101 Å². The molecule has 86 valence electrons. The normalized spacial score (nSPS) is 17.7. The summed E-state index contributed by atoms with van der Waals surface area (Å²) >= 11 is 3.06. The second-order valence-corrected chi connectivity index (χ2v) is 4.95. The van der Waals surface area contributed by atoms with E-state index < -0.39 is 5.54 Å². The maximum Gasteiger partial charge on any atom is 0.244 e. The Kier molecular flexibility index (Phi) is 2.99. The minimum atomic E-state index is -0.735. The number of carbonyl (C=O) groups excluding carboxylic acids is 1. The van der Waals surface area contributed by atoms with Crippen LogP contribution < -0.4 is 11.1 Å². The Morgan fingerprint density at radius 1 is 1.50 bits per heavy atom. The molecule has 0 aromatic heterocycles. The van der Waals surface area contributed by atoms with Crippen LogP contribution in [0.15, 0.2) is 22.7 Å². The molecular formula is C11H12BrFN2O. The fourth-order valence-corrected chi connectivity index (χ4v) is 1.99. The zero-order chi connectivity index (χ0) is 11.8. The molecule has 0 bridgehead atoms. The first-order valence-corrected chi connectivity index (χ1v) is 5.86. The van der Waals surface area contributed by atoms with Crippen LogP contribution in [-0.4, -0.2) is 11.4 Å². The van der Waals surface area contributed by atoms with Gasteiger partial charge in [0.1, 0.15) is 5.82 Å². The molecule has 1 aliphatic carbocycles.